The molecular weight excluding hydrogens is 577 g/mol. The third kappa shape index (κ3) is 5.56. The molecule has 1 fully saturated rings. The normalized spacial score (nSPS) is 16.8. The molecular formula is C32H29Cl2N3O5. The third-order valence-electron chi connectivity index (χ3n) is 7.83. The van der Waals surface area contributed by atoms with E-state index in [2.05, 4.69) is 11.2 Å². The molecule has 0 saturated heterocycles. The zero-order valence-corrected chi connectivity index (χ0v) is 24.7. The minimum atomic E-state index is -0.421. The summed E-state index contributed by atoms with van der Waals surface area (Å²) in [5, 5.41) is 5.74. The Bertz CT molecular complexity index is 1670. The Morgan fingerprint density at radius 1 is 1.05 bits per heavy atom. The minimum Gasteiger partial charge on any atom is -0.490 e. The smallest absolute Gasteiger partial charge is 0.414 e. The number of nitrogens with zero attached hydrogens (tertiary/aromatic N) is 3. The summed E-state index contributed by atoms with van der Waals surface area (Å²) in [6.07, 6.45) is 4.41. The first-order chi connectivity index (χ1) is 20.3. The molecule has 2 atom stereocenters. The van der Waals surface area contributed by atoms with Crippen molar-refractivity contribution in [1.82, 2.24) is 9.78 Å². The maximum Gasteiger partial charge on any atom is 0.414 e. The number of amides is 1. The highest BCUT2D eigenvalue weighted by Gasteiger charge is 2.48. The monoisotopic (exact) mass is 605 g/mol. The molecule has 4 aromatic rings. The van der Waals surface area contributed by atoms with E-state index in [4.69, 9.17) is 37.4 Å². The second-order valence-corrected chi connectivity index (χ2v) is 11.3. The number of carbonyl (C=O) groups is 2. The lowest BCUT2D eigenvalue weighted by Crippen LogP contribution is -2.37. The van der Waals surface area contributed by atoms with Crippen LogP contribution >= 0.6 is 23.2 Å². The third-order valence-corrected chi connectivity index (χ3v) is 8.61. The van der Waals surface area contributed by atoms with Gasteiger partial charge in [-0.3, -0.25) is 9.58 Å². The molecule has 216 valence electrons. The van der Waals surface area contributed by atoms with Crippen LogP contribution < -0.4 is 9.64 Å². The molecule has 0 N–H and O–H groups in total. The van der Waals surface area contributed by atoms with Crippen LogP contribution in [0.4, 0.5) is 10.5 Å². The number of halogens is 2. The summed E-state index contributed by atoms with van der Waals surface area (Å²) in [5.74, 6) is 1.04. The first-order valence-electron chi connectivity index (χ1n) is 13.7. The molecule has 1 aliphatic heterocycles. The van der Waals surface area contributed by atoms with Gasteiger partial charge in [0.1, 0.15) is 19.0 Å². The fourth-order valence-corrected chi connectivity index (χ4v) is 5.89. The quantitative estimate of drug-likeness (QED) is 0.157. The van der Waals surface area contributed by atoms with Gasteiger partial charge in [0.05, 0.1) is 31.1 Å². The number of methoxy groups -OCH3 is 1. The Balaban J connectivity index is 1.17. The summed E-state index contributed by atoms with van der Waals surface area (Å²) < 4.78 is 18.0. The highest BCUT2D eigenvalue weighted by atomic mass is 35.5. The predicted molar refractivity (Wildman–Crippen MR) is 161 cm³/mol. The van der Waals surface area contributed by atoms with Crippen LogP contribution in [0.2, 0.25) is 10.0 Å². The first kappa shape index (κ1) is 28.1. The Morgan fingerprint density at radius 3 is 2.71 bits per heavy atom. The van der Waals surface area contributed by atoms with Crippen molar-refractivity contribution in [2.24, 2.45) is 5.92 Å². The second kappa shape index (κ2) is 11.7. The number of ether oxygens (including phenoxy) is 3. The molecule has 3 aromatic carbocycles. The molecule has 42 heavy (non-hydrogen) atoms. The number of rotatable bonds is 8. The topological polar surface area (TPSA) is 82.9 Å². The molecule has 1 saturated carbocycles. The Labute approximate surface area is 253 Å². The average molecular weight is 607 g/mol. The van der Waals surface area contributed by atoms with Gasteiger partial charge in [-0.2, -0.15) is 5.10 Å². The number of hydrogen-bond donors (Lipinski definition) is 0. The van der Waals surface area contributed by atoms with E-state index in [0.717, 1.165) is 39.9 Å². The van der Waals surface area contributed by atoms with Crippen LogP contribution in [0.15, 0.2) is 67.0 Å². The maximum absolute atomic E-state index is 13.2. The van der Waals surface area contributed by atoms with Crippen molar-refractivity contribution in [1.29, 1.82) is 0 Å². The van der Waals surface area contributed by atoms with Gasteiger partial charge < -0.3 is 14.2 Å². The predicted octanol–water partition coefficient (Wildman–Crippen LogP) is 7.14. The van der Waals surface area contributed by atoms with Crippen molar-refractivity contribution in [2.75, 3.05) is 31.8 Å². The summed E-state index contributed by atoms with van der Waals surface area (Å²) in [6.45, 7) is 3.25. The molecule has 8 nitrogen and oxygen atoms in total. The fraction of sp³-hybridized carbons (Fsp3) is 0.281. The number of benzene rings is 3. The summed E-state index contributed by atoms with van der Waals surface area (Å²) in [4.78, 5) is 26.9. The van der Waals surface area contributed by atoms with Crippen molar-refractivity contribution in [2.45, 2.75) is 25.8 Å². The Kier molecular flexibility index (Phi) is 7.84. The van der Waals surface area contributed by atoms with Gasteiger partial charge in [0, 0.05) is 33.9 Å². The lowest BCUT2D eigenvalue weighted by Gasteiger charge is -2.29. The van der Waals surface area contributed by atoms with Gasteiger partial charge in [-0.05, 0) is 78.3 Å². The van der Waals surface area contributed by atoms with Gasteiger partial charge in [0.25, 0.3) is 0 Å². The summed E-state index contributed by atoms with van der Waals surface area (Å²) in [7, 11) is 1.35. The number of fused-ring (bicyclic) bond motifs is 3. The van der Waals surface area contributed by atoms with Crippen LogP contribution in [0.25, 0.3) is 11.1 Å². The van der Waals surface area contributed by atoms with Gasteiger partial charge in [-0.1, -0.05) is 41.4 Å². The molecule has 2 heterocycles. The number of carbonyl (C=O) groups excluding carboxylic acids is 2. The number of esters is 1. The van der Waals surface area contributed by atoms with E-state index in [0.29, 0.717) is 46.3 Å². The summed E-state index contributed by atoms with van der Waals surface area (Å²) >= 11 is 12.6. The SMILES string of the molecule is COC(=O)c1ccc(Cl)c(Cn2cc(-c3cccc4c3[C@H]3C[C@H]3CN4C(=O)OCCOc3cccc(Cl)c3C)cn2)c1. The molecule has 0 bridgehead atoms. The lowest BCUT2D eigenvalue weighted by atomic mass is 9.93. The molecule has 10 heteroatoms. The van der Waals surface area contributed by atoms with E-state index in [1.165, 1.54) is 7.11 Å². The van der Waals surface area contributed by atoms with E-state index in [-0.39, 0.29) is 19.3 Å². The van der Waals surface area contributed by atoms with Crippen LogP contribution in [-0.2, 0) is 16.0 Å². The number of aromatic nitrogens is 2. The van der Waals surface area contributed by atoms with Crippen LogP contribution in [0.5, 0.6) is 5.75 Å². The Hall–Kier alpha value is -4.01. The van der Waals surface area contributed by atoms with Crippen molar-refractivity contribution >= 4 is 41.0 Å². The molecule has 1 aromatic heterocycles. The number of hydrogen-bond acceptors (Lipinski definition) is 6. The van der Waals surface area contributed by atoms with Crippen LogP contribution in [-0.4, -0.2) is 48.7 Å². The van der Waals surface area contributed by atoms with E-state index < -0.39 is 5.97 Å². The highest BCUT2D eigenvalue weighted by Crippen LogP contribution is 2.57. The van der Waals surface area contributed by atoms with Gasteiger partial charge in [-0.15, -0.1) is 0 Å². The molecule has 2 aliphatic rings. The van der Waals surface area contributed by atoms with Crippen molar-refractivity contribution in [3.8, 4) is 16.9 Å². The molecule has 0 unspecified atom stereocenters. The molecule has 0 spiro atoms. The molecule has 1 amide bonds. The number of anilines is 1. The van der Waals surface area contributed by atoms with E-state index in [1.807, 2.05) is 49.6 Å². The van der Waals surface area contributed by atoms with E-state index in [1.54, 1.807) is 27.8 Å². The van der Waals surface area contributed by atoms with Crippen LogP contribution in [0, 0.1) is 12.8 Å². The van der Waals surface area contributed by atoms with Gasteiger partial charge in [0.2, 0.25) is 0 Å². The largest absolute Gasteiger partial charge is 0.490 e. The van der Waals surface area contributed by atoms with Crippen molar-refractivity contribution in [3.63, 3.8) is 0 Å². The van der Waals surface area contributed by atoms with Crippen LogP contribution in [0.1, 0.15) is 39.4 Å². The second-order valence-electron chi connectivity index (χ2n) is 10.5. The van der Waals surface area contributed by atoms with Crippen molar-refractivity contribution in [3.05, 3.63) is 99.3 Å². The van der Waals surface area contributed by atoms with Gasteiger partial charge in [-0.25, -0.2) is 9.59 Å². The van der Waals surface area contributed by atoms with Crippen LogP contribution in [0.3, 0.4) is 0 Å². The van der Waals surface area contributed by atoms with Crippen molar-refractivity contribution < 1.29 is 23.8 Å². The van der Waals surface area contributed by atoms with E-state index in [9.17, 15) is 9.59 Å². The summed E-state index contributed by atoms with van der Waals surface area (Å²) in [6, 6.07) is 16.5. The average Bonchev–Trinajstić information content (AvgIpc) is 3.65. The molecule has 0 radical (unpaired) electrons. The summed E-state index contributed by atoms with van der Waals surface area (Å²) in [5.41, 5.74) is 6.03. The fourth-order valence-electron chi connectivity index (χ4n) is 5.55. The minimum absolute atomic E-state index is 0.122. The highest BCUT2D eigenvalue weighted by molar-refractivity contribution is 6.31. The molecule has 1 aliphatic carbocycles. The zero-order chi connectivity index (χ0) is 29.4. The zero-order valence-electron chi connectivity index (χ0n) is 23.2. The lowest BCUT2D eigenvalue weighted by molar-refractivity contribution is 0.0600. The van der Waals surface area contributed by atoms with Gasteiger partial charge >= 0.3 is 12.1 Å². The first-order valence-corrected chi connectivity index (χ1v) is 14.4. The van der Waals surface area contributed by atoms with Gasteiger partial charge in [0.15, 0.2) is 0 Å². The Morgan fingerprint density at radius 2 is 1.88 bits per heavy atom. The standard InChI is InChI=1S/C32H29Cl2N3O5/c1-19-26(33)6-4-8-29(19)41-11-12-42-32(39)37-18-21-14-25(21)30-24(5-3-7-28(30)37)23-15-35-36(17-23)16-22-13-20(31(38)40-2)9-10-27(22)34/h3-10,13,15,17,21,25H,11-12,14,16,18H2,1-2H3/t21-,25-/m0/s1. The maximum atomic E-state index is 13.2. The van der Waals surface area contributed by atoms with E-state index >= 15 is 0 Å². The molecule has 6 rings (SSSR count).